The fourth-order valence-corrected chi connectivity index (χ4v) is 5.88. The van der Waals surface area contributed by atoms with Crippen molar-refractivity contribution in [1.29, 1.82) is 0 Å². The van der Waals surface area contributed by atoms with Crippen LogP contribution >= 0.6 is 0 Å². The van der Waals surface area contributed by atoms with Gasteiger partial charge in [-0.15, -0.1) is 0 Å². The van der Waals surface area contributed by atoms with Gasteiger partial charge in [-0.05, 0) is 60.6 Å². The van der Waals surface area contributed by atoms with Gasteiger partial charge in [-0.1, -0.05) is 48.5 Å². The second-order valence-electron chi connectivity index (χ2n) is 10.3. The zero-order valence-electron chi connectivity index (χ0n) is 21.6. The summed E-state index contributed by atoms with van der Waals surface area (Å²) in [5, 5.41) is 0. The highest BCUT2D eigenvalue weighted by atomic mass is 16.2. The first-order chi connectivity index (χ1) is 18.1. The number of carbonyl (C=O) groups excluding carboxylic acids is 2. The average molecular weight is 497 g/mol. The highest BCUT2D eigenvalue weighted by Crippen LogP contribution is 2.32. The monoisotopic (exact) mass is 496 g/mol. The van der Waals surface area contributed by atoms with Crippen LogP contribution in [0.1, 0.15) is 49.3 Å². The van der Waals surface area contributed by atoms with E-state index in [9.17, 15) is 9.59 Å². The van der Waals surface area contributed by atoms with Gasteiger partial charge in [0.25, 0.3) is 0 Å². The molecular weight excluding hydrogens is 460 g/mol. The fourth-order valence-electron chi connectivity index (χ4n) is 5.88. The molecule has 1 fully saturated rings. The summed E-state index contributed by atoms with van der Waals surface area (Å²) in [4.78, 5) is 37.2. The summed E-state index contributed by atoms with van der Waals surface area (Å²) in [5.41, 5.74) is 4.37. The summed E-state index contributed by atoms with van der Waals surface area (Å²) in [6, 6.07) is 23.1. The minimum atomic E-state index is 0.0453. The first-order valence-electron chi connectivity index (χ1n) is 13.4. The van der Waals surface area contributed by atoms with Crippen LogP contribution in [0.25, 0.3) is 0 Å². The lowest BCUT2D eigenvalue weighted by Gasteiger charge is -2.34. The van der Waals surface area contributed by atoms with Crippen LogP contribution in [0.4, 0.5) is 5.69 Å². The van der Waals surface area contributed by atoms with Crippen LogP contribution < -0.4 is 4.90 Å². The Hall–Kier alpha value is -3.51. The first-order valence-corrected chi connectivity index (χ1v) is 13.4. The molecule has 37 heavy (non-hydrogen) atoms. The standard InChI is InChI=1S/C31H36N4O2/c1-24(36)34-20-17-28-12-13-29(35(28)21-26-15-18-32-19-16-26)23-33(22-27-9-5-6-10-30(27)34)31(37)14-11-25-7-3-2-4-8-25/h2-10,15-16,18-19,28-29H,11-14,17,20-23H2,1H3. The van der Waals surface area contributed by atoms with Gasteiger partial charge in [0.1, 0.15) is 0 Å². The van der Waals surface area contributed by atoms with Gasteiger partial charge in [0.2, 0.25) is 11.8 Å². The smallest absolute Gasteiger partial charge is 0.223 e. The molecule has 2 aliphatic heterocycles. The summed E-state index contributed by atoms with van der Waals surface area (Å²) < 4.78 is 0. The SMILES string of the molecule is CC(=O)N1CCC2CCC(CN(C(=O)CCc3ccccc3)Cc3ccccc31)N2Cc1ccncc1. The Labute approximate surface area is 219 Å². The van der Waals surface area contributed by atoms with E-state index in [0.29, 0.717) is 32.1 Å². The quantitative estimate of drug-likeness (QED) is 0.508. The highest BCUT2D eigenvalue weighted by molar-refractivity contribution is 5.92. The molecule has 2 amide bonds. The lowest BCUT2D eigenvalue weighted by atomic mass is 10.1. The van der Waals surface area contributed by atoms with Gasteiger partial charge in [-0.3, -0.25) is 19.5 Å². The van der Waals surface area contributed by atoms with Crippen molar-refractivity contribution in [2.45, 2.75) is 64.2 Å². The molecule has 192 valence electrons. The van der Waals surface area contributed by atoms with Crippen molar-refractivity contribution in [3.05, 3.63) is 95.8 Å². The van der Waals surface area contributed by atoms with Crippen molar-refractivity contribution < 1.29 is 9.59 Å². The number of hydrogen-bond acceptors (Lipinski definition) is 4. The molecule has 0 spiro atoms. The second-order valence-corrected chi connectivity index (χ2v) is 10.3. The maximum Gasteiger partial charge on any atom is 0.223 e. The van der Waals surface area contributed by atoms with E-state index in [1.165, 1.54) is 11.1 Å². The second kappa shape index (κ2) is 11.7. The van der Waals surface area contributed by atoms with Crippen LogP contribution in [-0.4, -0.2) is 51.8 Å². The van der Waals surface area contributed by atoms with Crippen LogP contribution in [-0.2, 0) is 29.1 Å². The minimum absolute atomic E-state index is 0.0453. The molecular formula is C31H36N4O2. The van der Waals surface area contributed by atoms with Crippen LogP contribution in [0, 0.1) is 0 Å². The topological polar surface area (TPSA) is 56.8 Å². The molecule has 0 N–H and O–H groups in total. The Balaban J connectivity index is 1.45. The van der Waals surface area contributed by atoms with Crippen molar-refractivity contribution in [3.63, 3.8) is 0 Å². The van der Waals surface area contributed by atoms with Crippen molar-refractivity contribution in [1.82, 2.24) is 14.8 Å². The molecule has 5 rings (SSSR count). The number of hydrogen-bond donors (Lipinski definition) is 0. The van der Waals surface area contributed by atoms with Gasteiger partial charge in [0.05, 0.1) is 0 Å². The van der Waals surface area contributed by atoms with E-state index in [1.54, 1.807) is 6.92 Å². The maximum atomic E-state index is 13.7. The zero-order chi connectivity index (χ0) is 25.6. The number of rotatable bonds is 5. The third-order valence-electron chi connectivity index (χ3n) is 7.85. The molecule has 2 unspecified atom stereocenters. The van der Waals surface area contributed by atoms with E-state index in [1.807, 2.05) is 58.6 Å². The van der Waals surface area contributed by atoms with Gasteiger partial charge in [-0.2, -0.15) is 0 Å². The number of nitrogens with zero attached hydrogens (tertiary/aromatic N) is 4. The number of benzene rings is 2. The molecule has 2 aliphatic rings. The molecule has 0 aliphatic carbocycles. The van der Waals surface area contributed by atoms with Crippen LogP contribution in [0.3, 0.4) is 0 Å². The van der Waals surface area contributed by atoms with E-state index >= 15 is 0 Å². The van der Waals surface area contributed by atoms with Crippen molar-refractivity contribution in [3.8, 4) is 0 Å². The van der Waals surface area contributed by atoms with E-state index in [2.05, 4.69) is 40.2 Å². The predicted molar refractivity (Wildman–Crippen MR) is 146 cm³/mol. The summed E-state index contributed by atoms with van der Waals surface area (Å²) >= 11 is 0. The molecule has 3 heterocycles. The number of amides is 2. The normalized spacial score (nSPS) is 20.2. The largest absolute Gasteiger partial charge is 0.337 e. The van der Waals surface area contributed by atoms with Crippen molar-refractivity contribution in [2.24, 2.45) is 0 Å². The van der Waals surface area contributed by atoms with Crippen LogP contribution in [0.2, 0.25) is 0 Å². The molecule has 6 nitrogen and oxygen atoms in total. The fraction of sp³-hybridized carbons (Fsp3) is 0.387. The number of carbonyl (C=O) groups is 2. The molecule has 0 saturated carbocycles. The Morgan fingerprint density at radius 1 is 0.865 bits per heavy atom. The number of anilines is 1. The van der Waals surface area contributed by atoms with E-state index in [4.69, 9.17) is 0 Å². The lowest BCUT2D eigenvalue weighted by molar-refractivity contribution is -0.132. The van der Waals surface area contributed by atoms with Crippen LogP contribution in [0.15, 0.2) is 79.1 Å². The van der Waals surface area contributed by atoms with Gasteiger partial charge in [-0.25, -0.2) is 0 Å². The molecule has 1 saturated heterocycles. The Morgan fingerprint density at radius 3 is 2.38 bits per heavy atom. The molecule has 6 heteroatoms. The number of aryl methyl sites for hydroxylation is 1. The number of pyridine rings is 1. The molecule has 3 aromatic rings. The minimum Gasteiger partial charge on any atom is -0.337 e. The predicted octanol–water partition coefficient (Wildman–Crippen LogP) is 4.83. The molecule has 1 aromatic heterocycles. The summed E-state index contributed by atoms with van der Waals surface area (Å²) in [7, 11) is 0. The zero-order valence-corrected chi connectivity index (χ0v) is 21.6. The Kier molecular flexibility index (Phi) is 7.95. The number of aromatic nitrogens is 1. The maximum absolute atomic E-state index is 13.7. The van der Waals surface area contributed by atoms with E-state index in [0.717, 1.165) is 43.5 Å². The van der Waals surface area contributed by atoms with Crippen LogP contribution in [0.5, 0.6) is 0 Å². The highest BCUT2D eigenvalue weighted by Gasteiger charge is 2.36. The Morgan fingerprint density at radius 2 is 1.59 bits per heavy atom. The van der Waals surface area contributed by atoms with Gasteiger partial charge in [0.15, 0.2) is 0 Å². The number of para-hydroxylation sites is 1. The molecule has 2 bridgehead atoms. The molecule has 2 atom stereocenters. The molecule has 2 aromatic carbocycles. The Bertz CT molecular complexity index is 1200. The van der Waals surface area contributed by atoms with E-state index < -0.39 is 0 Å². The average Bonchev–Trinajstić information content (AvgIpc) is 3.28. The van der Waals surface area contributed by atoms with Gasteiger partial charge >= 0.3 is 0 Å². The summed E-state index contributed by atoms with van der Waals surface area (Å²) in [5.74, 6) is 0.212. The summed E-state index contributed by atoms with van der Waals surface area (Å²) in [6.07, 6.45) is 7.94. The van der Waals surface area contributed by atoms with Gasteiger partial charge < -0.3 is 9.80 Å². The molecule has 0 radical (unpaired) electrons. The lowest BCUT2D eigenvalue weighted by Crippen LogP contribution is -2.45. The summed E-state index contributed by atoms with van der Waals surface area (Å²) in [6.45, 7) is 4.36. The third-order valence-corrected chi connectivity index (χ3v) is 7.85. The van der Waals surface area contributed by atoms with Gasteiger partial charge in [0, 0.05) is 69.7 Å². The van der Waals surface area contributed by atoms with Crippen molar-refractivity contribution >= 4 is 17.5 Å². The third kappa shape index (κ3) is 6.08. The first kappa shape index (κ1) is 25.2. The number of fused-ring (bicyclic) bond motifs is 3. The van der Waals surface area contributed by atoms with E-state index in [-0.39, 0.29) is 17.9 Å². The van der Waals surface area contributed by atoms with Crippen molar-refractivity contribution in [2.75, 3.05) is 18.0 Å².